The number of nitrogens with two attached hydrogens (primary N) is 1. The summed E-state index contributed by atoms with van der Waals surface area (Å²) in [6.07, 6.45) is 0. The van der Waals surface area contributed by atoms with Crippen LogP contribution < -0.4 is 10.6 Å². The lowest BCUT2D eigenvalue weighted by Gasteiger charge is -2.32. The second-order valence-electron chi connectivity index (χ2n) is 4.66. The molecule has 17 heavy (non-hydrogen) atoms. The van der Waals surface area contributed by atoms with Gasteiger partial charge in [-0.05, 0) is 31.7 Å². The van der Waals surface area contributed by atoms with E-state index in [4.69, 9.17) is 5.73 Å². The predicted molar refractivity (Wildman–Crippen MR) is 68.9 cm³/mol. The predicted octanol–water partition coefficient (Wildman–Crippen LogP) is 0.985. The maximum atomic E-state index is 11.9. The summed E-state index contributed by atoms with van der Waals surface area (Å²) >= 11 is 0. The van der Waals surface area contributed by atoms with Gasteiger partial charge in [0.2, 0.25) is 5.91 Å². The highest BCUT2D eigenvalue weighted by atomic mass is 16.2. The van der Waals surface area contributed by atoms with E-state index in [2.05, 4.69) is 0 Å². The van der Waals surface area contributed by atoms with Crippen molar-refractivity contribution in [1.82, 2.24) is 4.90 Å². The lowest BCUT2D eigenvalue weighted by atomic mass is 10.1. The van der Waals surface area contributed by atoms with E-state index in [-0.39, 0.29) is 11.9 Å². The van der Waals surface area contributed by atoms with Gasteiger partial charge >= 0.3 is 0 Å². The molecule has 0 bridgehead atoms. The van der Waals surface area contributed by atoms with Crippen molar-refractivity contribution >= 4 is 11.6 Å². The van der Waals surface area contributed by atoms with Crippen molar-refractivity contribution in [3.8, 4) is 0 Å². The van der Waals surface area contributed by atoms with Crippen molar-refractivity contribution in [2.75, 3.05) is 31.6 Å². The molecule has 2 rings (SSSR count). The smallest absolute Gasteiger partial charge is 0.241 e. The van der Waals surface area contributed by atoms with E-state index >= 15 is 0 Å². The molecule has 1 unspecified atom stereocenters. The molecule has 1 aliphatic heterocycles. The number of carbonyl (C=O) groups excluding carboxylic acids is 1. The minimum Gasteiger partial charge on any atom is -0.324 e. The van der Waals surface area contributed by atoms with Crippen LogP contribution in [0.15, 0.2) is 24.3 Å². The zero-order chi connectivity index (χ0) is 12.4. The number of piperazine rings is 1. The van der Waals surface area contributed by atoms with Gasteiger partial charge < -0.3 is 10.6 Å². The first-order valence-corrected chi connectivity index (χ1v) is 5.92. The fourth-order valence-electron chi connectivity index (χ4n) is 2.02. The van der Waals surface area contributed by atoms with Gasteiger partial charge in [-0.2, -0.15) is 0 Å². The van der Waals surface area contributed by atoms with Gasteiger partial charge in [-0.25, -0.2) is 0 Å². The lowest BCUT2D eigenvalue weighted by Crippen LogP contribution is -2.48. The zero-order valence-corrected chi connectivity index (χ0v) is 10.4. The van der Waals surface area contributed by atoms with Gasteiger partial charge in [0.1, 0.15) is 0 Å². The van der Waals surface area contributed by atoms with Gasteiger partial charge in [0, 0.05) is 24.8 Å². The Morgan fingerprint density at radius 3 is 2.41 bits per heavy atom. The number of likely N-dealkylation sites (N-methyl/N-ethyl adjacent to an activating group) is 1. The molecule has 0 spiro atoms. The Balaban J connectivity index is 2.14. The van der Waals surface area contributed by atoms with Gasteiger partial charge in [0.25, 0.3) is 0 Å². The first-order valence-electron chi connectivity index (χ1n) is 5.92. The minimum atomic E-state index is 0.0345. The Morgan fingerprint density at radius 1 is 1.24 bits per heavy atom. The molecule has 0 saturated carbocycles. The van der Waals surface area contributed by atoms with Crippen LogP contribution in [0, 0.1) is 0 Å². The number of hydrogen-bond donors (Lipinski definition) is 1. The summed E-state index contributed by atoms with van der Waals surface area (Å²) in [6, 6.07) is 7.97. The molecule has 1 aromatic rings. The maximum Gasteiger partial charge on any atom is 0.241 e. The molecule has 4 nitrogen and oxygen atoms in total. The molecule has 0 radical (unpaired) electrons. The standard InChI is InChI=1S/C13H19N3O/c1-10(14)11-3-5-12(6-4-11)16-8-7-15(2)9-13(16)17/h3-6,10H,7-9,14H2,1-2H3. The third-order valence-corrected chi connectivity index (χ3v) is 3.14. The zero-order valence-electron chi connectivity index (χ0n) is 10.4. The second-order valence-corrected chi connectivity index (χ2v) is 4.66. The number of amides is 1. The Kier molecular flexibility index (Phi) is 3.45. The number of rotatable bonds is 2. The molecule has 0 aliphatic carbocycles. The largest absolute Gasteiger partial charge is 0.324 e. The van der Waals surface area contributed by atoms with Crippen molar-refractivity contribution in [2.24, 2.45) is 5.73 Å². The van der Waals surface area contributed by atoms with Crippen LogP contribution in [0.3, 0.4) is 0 Å². The first-order chi connectivity index (χ1) is 8.08. The van der Waals surface area contributed by atoms with Crippen molar-refractivity contribution in [1.29, 1.82) is 0 Å². The summed E-state index contributed by atoms with van der Waals surface area (Å²) < 4.78 is 0. The Morgan fingerprint density at radius 2 is 1.88 bits per heavy atom. The third-order valence-electron chi connectivity index (χ3n) is 3.14. The van der Waals surface area contributed by atoms with Crippen LogP contribution in [0.1, 0.15) is 18.5 Å². The summed E-state index contributed by atoms with van der Waals surface area (Å²) in [4.78, 5) is 15.8. The molecule has 1 fully saturated rings. The summed E-state index contributed by atoms with van der Waals surface area (Å²) in [5.41, 5.74) is 7.86. The molecule has 1 heterocycles. The van der Waals surface area contributed by atoms with Gasteiger partial charge in [0.15, 0.2) is 0 Å². The van der Waals surface area contributed by atoms with E-state index < -0.39 is 0 Å². The van der Waals surface area contributed by atoms with Crippen LogP contribution >= 0.6 is 0 Å². The summed E-state index contributed by atoms with van der Waals surface area (Å²) in [5.74, 6) is 0.160. The molecule has 2 N–H and O–H groups in total. The fraction of sp³-hybridized carbons (Fsp3) is 0.462. The van der Waals surface area contributed by atoms with Crippen LogP contribution in [0.4, 0.5) is 5.69 Å². The van der Waals surface area contributed by atoms with Gasteiger partial charge in [-0.15, -0.1) is 0 Å². The van der Waals surface area contributed by atoms with E-state index in [0.29, 0.717) is 6.54 Å². The average molecular weight is 233 g/mol. The summed E-state index contributed by atoms with van der Waals surface area (Å²) in [5, 5.41) is 0. The van der Waals surface area contributed by atoms with Crippen molar-refractivity contribution in [2.45, 2.75) is 13.0 Å². The van der Waals surface area contributed by atoms with Crippen molar-refractivity contribution in [3.63, 3.8) is 0 Å². The summed E-state index contributed by atoms with van der Waals surface area (Å²) in [6.45, 7) is 4.12. The third kappa shape index (κ3) is 2.65. The van der Waals surface area contributed by atoms with Gasteiger partial charge in [0.05, 0.1) is 6.54 Å². The number of carbonyl (C=O) groups is 1. The van der Waals surface area contributed by atoms with E-state index in [1.54, 1.807) is 0 Å². The molecule has 1 atom stereocenters. The van der Waals surface area contributed by atoms with E-state index in [9.17, 15) is 4.79 Å². The number of hydrogen-bond acceptors (Lipinski definition) is 3. The quantitative estimate of drug-likeness (QED) is 0.828. The van der Waals surface area contributed by atoms with Crippen LogP contribution in [-0.2, 0) is 4.79 Å². The molecule has 1 aromatic carbocycles. The molecule has 1 amide bonds. The van der Waals surface area contributed by atoms with Crippen LogP contribution in [-0.4, -0.2) is 37.5 Å². The van der Waals surface area contributed by atoms with Crippen LogP contribution in [0.5, 0.6) is 0 Å². The van der Waals surface area contributed by atoms with Crippen molar-refractivity contribution in [3.05, 3.63) is 29.8 Å². The van der Waals surface area contributed by atoms with E-state index in [0.717, 1.165) is 24.3 Å². The molecule has 4 heteroatoms. The van der Waals surface area contributed by atoms with Crippen LogP contribution in [0.2, 0.25) is 0 Å². The van der Waals surface area contributed by atoms with Crippen LogP contribution in [0.25, 0.3) is 0 Å². The Labute approximate surface area is 102 Å². The fourth-order valence-corrected chi connectivity index (χ4v) is 2.02. The molecule has 1 saturated heterocycles. The Bertz CT molecular complexity index is 400. The highest BCUT2D eigenvalue weighted by Crippen LogP contribution is 2.19. The van der Waals surface area contributed by atoms with Gasteiger partial charge in [-0.3, -0.25) is 9.69 Å². The molecule has 1 aliphatic rings. The molecule has 0 aromatic heterocycles. The van der Waals surface area contributed by atoms with E-state index in [1.807, 2.05) is 48.0 Å². The lowest BCUT2D eigenvalue weighted by molar-refractivity contribution is -0.120. The molecular weight excluding hydrogens is 214 g/mol. The Hall–Kier alpha value is -1.39. The highest BCUT2D eigenvalue weighted by molar-refractivity contribution is 5.95. The maximum absolute atomic E-state index is 11.9. The number of anilines is 1. The first kappa shape index (κ1) is 12.1. The van der Waals surface area contributed by atoms with E-state index in [1.165, 1.54) is 0 Å². The molecule has 92 valence electrons. The van der Waals surface area contributed by atoms with Gasteiger partial charge in [-0.1, -0.05) is 12.1 Å². The van der Waals surface area contributed by atoms with Crippen molar-refractivity contribution < 1.29 is 4.79 Å². The SMILES string of the molecule is CC(N)c1ccc(N2CCN(C)CC2=O)cc1. The summed E-state index contributed by atoms with van der Waals surface area (Å²) in [7, 11) is 1.97. The number of benzene rings is 1. The topological polar surface area (TPSA) is 49.6 Å². The molecular formula is C13H19N3O. The normalized spacial score (nSPS) is 19.5. The monoisotopic (exact) mass is 233 g/mol. The second kappa shape index (κ2) is 4.85. The average Bonchev–Trinajstić information content (AvgIpc) is 2.29. The highest BCUT2D eigenvalue weighted by Gasteiger charge is 2.22. The minimum absolute atomic E-state index is 0.0345. The number of nitrogens with zero attached hydrogens (tertiary/aromatic N) is 2.